The van der Waals surface area contributed by atoms with Crippen LogP contribution in [0.3, 0.4) is 0 Å². The smallest absolute Gasteiger partial charge is 0.220 e. The molecule has 0 radical (unpaired) electrons. The lowest BCUT2D eigenvalue weighted by atomic mass is 9.97. The molecule has 0 aromatic heterocycles. The van der Waals surface area contributed by atoms with E-state index in [0.29, 0.717) is 19.4 Å². The maximum Gasteiger partial charge on any atom is 0.220 e. The molecule has 0 saturated carbocycles. The molecule has 0 bridgehead atoms. The zero-order valence-corrected chi connectivity index (χ0v) is 14.7. The van der Waals surface area contributed by atoms with Gasteiger partial charge in [-0.05, 0) is 40.7 Å². The number of hydrogen-bond acceptors (Lipinski definition) is 3. The van der Waals surface area contributed by atoms with Crippen LogP contribution >= 0.6 is 0 Å². The van der Waals surface area contributed by atoms with E-state index in [4.69, 9.17) is 0 Å². The molecule has 128 valence electrons. The van der Waals surface area contributed by atoms with Crippen LogP contribution in [0.4, 0.5) is 0 Å². The second kappa shape index (κ2) is 6.93. The van der Waals surface area contributed by atoms with Gasteiger partial charge in [-0.15, -0.1) is 0 Å². The van der Waals surface area contributed by atoms with Gasteiger partial charge in [-0.3, -0.25) is 4.79 Å². The van der Waals surface area contributed by atoms with Crippen LogP contribution < -0.4 is 5.32 Å². The van der Waals surface area contributed by atoms with E-state index in [1.807, 2.05) is 12.1 Å². The Kier molecular flexibility index (Phi) is 4.90. The van der Waals surface area contributed by atoms with Gasteiger partial charge in [0.25, 0.3) is 0 Å². The van der Waals surface area contributed by atoms with Crippen molar-refractivity contribution < 1.29 is 13.2 Å². The van der Waals surface area contributed by atoms with Gasteiger partial charge < -0.3 is 5.32 Å². The number of fused-ring (bicyclic) bond motifs is 1. The zero-order chi connectivity index (χ0) is 17.2. The van der Waals surface area contributed by atoms with Crippen molar-refractivity contribution in [2.45, 2.75) is 32.7 Å². The van der Waals surface area contributed by atoms with Gasteiger partial charge in [-0.1, -0.05) is 43.3 Å². The molecule has 2 aromatic rings. The Labute approximate surface area is 143 Å². The summed E-state index contributed by atoms with van der Waals surface area (Å²) in [6, 6.07) is 12.4. The maximum absolute atomic E-state index is 12.2. The van der Waals surface area contributed by atoms with Crippen molar-refractivity contribution in [3.8, 4) is 0 Å². The Bertz CT molecular complexity index is 858. The molecule has 2 aromatic carbocycles. The lowest BCUT2D eigenvalue weighted by molar-refractivity contribution is -0.122. The van der Waals surface area contributed by atoms with Crippen molar-refractivity contribution in [2.75, 3.05) is 11.5 Å². The number of carbonyl (C=O) groups is 1. The Balaban J connectivity index is 1.70. The van der Waals surface area contributed by atoms with E-state index in [9.17, 15) is 13.2 Å². The van der Waals surface area contributed by atoms with E-state index in [-0.39, 0.29) is 23.3 Å². The van der Waals surface area contributed by atoms with Gasteiger partial charge >= 0.3 is 0 Å². The number of rotatable bonds is 5. The third kappa shape index (κ3) is 3.78. The summed E-state index contributed by atoms with van der Waals surface area (Å²) >= 11 is 0. The monoisotopic (exact) mass is 345 g/mol. The van der Waals surface area contributed by atoms with Crippen LogP contribution in [0.15, 0.2) is 36.4 Å². The van der Waals surface area contributed by atoms with Gasteiger partial charge in [-0.25, -0.2) is 8.42 Å². The fourth-order valence-electron chi connectivity index (χ4n) is 3.48. The first-order valence-corrected chi connectivity index (χ1v) is 10.3. The summed E-state index contributed by atoms with van der Waals surface area (Å²) in [5, 5.41) is 5.32. The predicted octanol–water partition coefficient (Wildman–Crippen LogP) is 2.84. The van der Waals surface area contributed by atoms with Crippen molar-refractivity contribution >= 4 is 26.5 Å². The molecule has 1 saturated heterocycles. The number of carbonyl (C=O) groups excluding carboxylic acids is 1. The summed E-state index contributed by atoms with van der Waals surface area (Å²) < 4.78 is 23.0. The van der Waals surface area contributed by atoms with E-state index >= 15 is 0 Å². The third-order valence-corrected chi connectivity index (χ3v) is 6.62. The molecule has 4 nitrogen and oxygen atoms in total. The highest BCUT2D eigenvalue weighted by Crippen LogP contribution is 2.24. The zero-order valence-electron chi connectivity index (χ0n) is 13.9. The first-order valence-electron chi connectivity index (χ1n) is 8.45. The Hall–Kier alpha value is -1.88. The largest absolute Gasteiger partial charge is 0.352 e. The molecule has 1 aliphatic heterocycles. The van der Waals surface area contributed by atoms with Crippen molar-refractivity contribution in [3.63, 3.8) is 0 Å². The fraction of sp³-hybridized carbons (Fsp3) is 0.421. The molecular weight excluding hydrogens is 322 g/mol. The molecule has 0 aliphatic carbocycles. The van der Waals surface area contributed by atoms with Gasteiger partial charge in [0.2, 0.25) is 5.91 Å². The van der Waals surface area contributed by atoms with Crippen LogP contribution in [0.5, 0.6) is 0 Å². The van der Waals surface area contributed by atoms with Crippen molar-refractivity contribution in [1.82, 2.24) is 5.32 Å². The molecule has 1 fully saturated rings. The quantitative estimate of drug-likeness (QED) is 0.906. The summed E-state index contributed by atoms with van der Waals surface area (Å²) in [5.41, 5.74) is 2.39. The molecule has 1 N–H and O–H groups in total. The lowest BCUT2D eigenvalue weighted by Gasteiger charge is -2.14. The Morgan fingerprint density at radius 1 is 1.21 bits per heavy atom. The highest BCUT2D eigenvalue weighted by Gasteiger charge is 2.29. The standard InChI is InChI=1S/C19H23NO3S/c1-2-15-7-8-16-5-3-4-6-17(16)18(15)12-20-19(21)11-14-9-10-24(22,23)13-14/h3-8,14H,2,9-13H2,1H3,(H,20,21). The van der Waals surface area contributed by atoms with E-state index in [1.54, 1.807) is 0 Å². The molecule has 24 heavy (non-hydrogen) atoms. The number of sulfone groups is 1. The Morgan fingerprint density at radius 2 is 2.00 bits per heavy atom. The molecule has 1 unspecified atom stereocenters. The van der Waals surface area contributed by atoms with Crippen LogP contribution in [-0.2, 0) is 27.6 Å². The van der Waals surface area contributed by atoms with Crippen molar-refractivity contribution in [2.24, 2.45) is 5.92 Å². The van der Waals surface area contributed by atoms with Crippen LogP contribution in [-0.4, -0.2) is 25.8 Å². The first kappa shape index (κ1) is 17.0. The summed E-state index contributed by atoms with van der Waals surface area (Å²) in [4.78, 5) is 12.2. The van der Waals surface area contributed by atoms with Gasteiger partial charge in [-0.2, -0.15) is 0 Å². The summed E-state index contributed by atoms with van der Waals surface area (Å²) in [7, 11) is -2.93. The minimum Gasteiger partial charge on any atom is -0.352 e. The minimum atomic E-state index is -2.93. The average molecular weight is 345 g/mol. The first-order chi connectivity index (χ1) is 11.5. The van der Waals surface area contributed by atoms with Gasteiger partial charge in [0.1, 0.15) is 0 Å². The van der Waals surface area contributed by atoms with Crippen LogP contribution in [0.25, 0.3) is 10.8 Å². The molecule has 1 atom stereocenters. The Morgan fingerprint density at radius 3 is 2.71 bits per heavy atom. The second-order valence-corrected chi connectivity index (χ2v) is 8.76. The normalized spacial score (nSPS) is 19.5. The number of benzene rings is 2. The summed E-state index contributed by atoms with van der Waals surface area (Å²) in [5.74, 6) is 0.267. The maximum atomic E-state index is 12.2. The summed E-state index contributed by atoms with van der Waals surface area (Å²) in [6.45, 7) is 2.60. The van der Waals surface area contributed by atoms with Gasteiger partial charge in [0.15, 0.2) is 9.84 Å². The van der Waals surface area contributed by atoms with Crippen LogP contribution in [0.2, 0.25) is 0 Å². The fourth-order valence-corrected chi connectivity index (χ4v) is 5.34. The number of amides is 1. The molecular formula is C19H23NO3S. The topological polar surface area (TPSA) is 63.2 Å². The summed E-state index contributed by atoms with van der Waals surface area (Å²) in [6.07, 6.45) is 1.81. The molecule has 3 rings (SSSR count). The number of hydrogen-bond donors (Lipinski definition) is 1. The van der Waals surface area contributed by atoms with Crippen molar-refractivity contribution in [3.05, 3.63) is 47.5 Å². The van der Waals surface area contributed by atoms with Gasteiger partial charge in [0, 0.05) is 13.0 Å². The van der Waals surface area contributed by atoms with E-state index in [2.05, 4.69) is 36.5 Å². The van der Waals surface area contributed by atoms with Crippen molar-refractivity contribution in [1.29, 1.82) is 0 Å². The SMILES string of the molecule is CCc1ccc2ccccc2c1CNC(=O)CC1CCS(=O)(=O)C1. The molecule has 1 amide bonds. The second-order valence-electron chi connectivity index (χ2n) is 6.53. The molecule has 1 heterocycles. The molecule has 1 aliphatic rings. The van der Waals surface area contributed by atoms with Crippen LogP contribution in [0.1, 0.15) is 30.9 Å². The highest BCUT2D eigenvalue weighted by atomic mass is 32.2. The van der Waals surface area contributed by atoms with E-state index in [1.165, 1.54) is 16.3 Å². The average Bonchev–Trinajstić information content (AvgIpc) is 2.90. The van der Waals surface area contributed by atoms with E-state index in [0.717, 1.165) is 12.0 Å². The molecule has 5 heteroatoms. The molecule has 0 spiro atoms. The highest BCUT2D eigenvalue weighted by molar-refractivity contribution is 7.91. The van der Waals surface area contributed by atoms with E-state index < -0.39 is 9.84 Å². The lowest BCUT2D eigenvalue weighted by Crippen LogP contribution is -2.26. The number of nitrogens with one attached hydrogen (secondary N) is 1. The van der Waals surface area contributed by atoms with Gasteiger partial charge in [0.05, 0.1) is 11.5 Å². The number of aryl methyl sites for hydroxylation is 1. The minimum absolute atomic E-state index is 0.0341. The predicted molar refractivity (Wildman–Crippen MR) is 96.6 cm³/mol. The third-order valence-electron chi connectivity index (χ3n) is 4.78. The van der Waals surface area contributed by atoms with Crippen LogP contribution in [0, 0.1) is 5.92 Å².